The van der Waals surface area contributed by atoms with Crippen molar-refractivity contribution < 1.29 is 9.16 Å². The summed E-state index contributed by atoms with van der Waals surface area (Å²) in [5.41, 5.74) is 2.02. The average Bonchev–Trinajstić information content (AvgIpc) is 2.69. The maximum Gasteiger partial charge on any atom is 0.200 e. The summed E-state index contributed by atoms with van der Waals surface area (Å²) in [5, 5.41) is 0. The Kier molecular flexibility index (Phi) is 7.31. The Bertz CT molecular complexity index is 247. The van der Waals surface area contributed by atoms with Crippen molar-refractivity contribution in [3.8, 4) is 0 Å². The Labute approximate surface area is 134 Å². The van der Waals surface area contributed by atoms with Gasteiger partial charge in [0.05, 0.1) is 6.10 Å². The Morgan fingerprint density at radius 3 is 2.00 bits per heavy atom. The minimum atomic E-state index is -1.68. The molecule has 0 aliphatic carbocycles. The standard InChI is InChI=1S/C15H31IO2Si/c1-11(2)19(12(3)4,13(5)6)18-10-8-15-14(16)7-9-17-15/h11-15H,7-10H2,1-6H3/t14-,15+/m0/s1. The number of hydrogen-bond donors (Lipinski definition) is 0. The van der Waals surface area contributed by atoms with Gasteiger partial charge in [-0.15, -0.1) is 0 Å². The lowest BCUT2D eigenvalue weighted by Crippen LogP contribution is -2.48. The van der Waals surface area contributed by atoms with Crippen molar-refractivity contribution in [3.05, 3.63) is 0 Å². The molecule has 0 spiro atoms. The summed E-state index contributed by atoms with van der Waals surface area (Å²) < 4.78 is 13.0. The van der Waals surface area contributed by atoms with Crippen LogP contribution in [0.4, 0.5) is 0 Å². The quantitative estimate of drug-likeness (QED) is 0.335. The van der Waals surface area contributed by atoms with Gasteiger partial charge in [0.25, 0.3) is 0 Å². The van der Waals surface area contributed by atoms with Crippen LogP contribution in [0.3, 0.4) is 0 Å². The van der Waals surface area contributed by atoms with Crippen LogP contribution in [0.2, 0.25) is 16.6 Å². The normalized spacial score (nSPS) is 24.9. The second-order valence-corrected chi connectivity index (χ2v) is 13.7. The monoisotopic (exact) mass is 398 g/mol. The molecule has 0 bridgehead atoms. The Balaban J connectivity index is 2.58. The van der Waals surface area contributed by atoms with Gasteiger partial charge in [-0.1, -0.05) is 64.1 Å². The van der Waals surface area contributed by atoms with E-state index in [0.717, 1.165) is 19.6 Å². The molecule has 0 unspecified atom stereocenters. The third-order valence-electron chi connectivity index (χ3n) is 4.59. The first-order valence-corrected chi connectivity index (χ1v) is 11.1. The molecular weight excluding hydrogens is 367 g/mol. The first kappa shape index (κ1) is 17.9. The van der Waals surface area contributed by atoms with E-state index in [4.69, 9.17) is 9.16 Å². The molecule has 0 aromatic rings. The zero-order valence-electron chi connectivity index (χ0n) is 13.4. The molecule has 1 fully saturated rings. The molecule has 0 aromatic carbocycles. The van der Waals surface area contributed by atoms with E-state index in [0.29, 0.717) is 26.7 Å². The molecule has 1 saturated heterocycles. The zero-order chi connectivity index (χ0) is 14.6. The summed E-state index contributed by atoms with van der Waals surface area (Å²) in [5.74, 6) is 0. The van der Waals surface area contributed by atoms with Crippen LogP contribution >= 0.6 is 22.6 Å². The number of hydrogen-bond acceptors (Lipinski definition) is 2. The van der Waals surface area contributed by atoms with E-state index in [-0.39, 0.29) is 0 Å². The summed E-state index contributed by atoms with van der Waals surface area (Å²) in [7, 11) is -1.68. The minimum Gasteiger partial charge on any atom is -0.416 e. The van der Waals surface area contributed by atoms with Gasteiger partial charge < -0.3 is 9.16 Å². The highest BCUT2D eigenvalue weighted by atomic mass is 127. The van der Waals surface area contributed by atoms with Crippen LogP contribution < -0.4 is 0 Å². The molecule has 4 heteroatoms. The molecule has 0 aromatic heterocycles. The number of rotatable bonds is 7. The second kappa shape index (κ2) is 7.76. The Hall–Kier alpha value is 0.867. The molecule has 0 saturated carbocycles. The highest BCUT2D eigenvalue weighted by Gasteiger charge is 2.45. The fraction of sp³-hybridized carbons (Fsp3) is 1.00. The minimum absolute atomic E-state index is 0.416. The zero-order valence-corrected chi connectivity index (χ0v) is 16.6. The summed E-state index contributed by atoms with van der Waals surface area (Å²) in [6.45, 7) is 15.9. The predicted molar refractivity (Wildman–Crippen MR) is 93.8 cm³/mol. The fourth-order valence-corrected chi connectivity index (χ4v) is 10.0. The average molecular weight is 398 g/mol. The van der Waals surface area contributed by atoms with Gasteiger partial charge in [-0.2, -0.15) is 0 Å². The summed E-state index contributed by atoms with van der Waals surface area (Å²) >= 11 is 2.53. The number of alkyl halides is 1. The van der Waals surface area contributed by atoms with Gasteiger partial charge in [-0.25, -0.2) is 0 Å². The molecule has 0 amide bonds. The van der Waals surface area contributed by atoms with Gasteiger partial charge in [-0.05, 0) is 29.5 Å². The van der Waals surface area contributed by atoms with Crippen molar-refractivity contribution in [2.45, 2.75) is 81.0 Å². The van der Waals surface area contributed by atoms with Crippen LogP contribution in [0.25, 0.3) is 0 Å². The molecule has 1 rings (SSSR count). The van der Waals surface area contributed by atoms with Gasteiger partial charge in [0.1, 0.15) is 0 Å². The molecule has 2 nitrogen and oxygen atoms in total. The van der Waals surface area contributed by atoms with Crippen molar-refractivity contribution in [2.24, 2.45) is 0 Å². The second-order valence-electron chi connectivity index (χ2n) is 6.67. The third kappa shape index (κ3) is 4.17. The summed E-state index contributed by atoms with van der Waals surface area (Å²) in [6, 6.07) is 0. The van der Waals surface area contributed by atoms with Crippen molar-refractivity contribution in [2.75, 3.05) is 13.2 Å². The van der Waals surface area contributed by atoms with Crippen molar-refractivity contribution in [1.29, 1.82) is 0 Å². The molecule has 2 atom stereocenters. The molecule has 1 aliphatic heterocycles. The number of ether oxygens (including phenoxy) is 1. The first-order chi connectivity index (χ1) is 8.82. The predicted octanol–water partition coefficient (Wildman–Crippen LogP) is 5.16. The van der Waals surface area contributed by atoms with E-state index < -0.39 is 8.32 Å². The van der Waals surface area contributed by atoms with Crippen LogP contribution in [0.5, 0.6) is 0 Å². The molecule has 19 heavy (non-hydrogen) atoms. The molecule has 0 radical (unpaired) electrons. The summed E-state index contributed by atoms with van der Waals surface area (Å²) in [4.78, 5) is 0. The van der Waals surface area contributed by atoms with Crippen molar-refractivity contribution in [3.63, 3.8) is 0 Å². The van der Waals surface area contributed by atoms with E-state index in [1.54, 1.807) is 0 Å². The highest BCUT2D eigenvalue weighted by Crippen LogP contribution is 2.42. The van der Waals surface area contributed by atoms with Crippen LogP contribution in [0.15, 0.2) is 0 Å². The van der Waals surface area contributed by atoms with E-state index >= 15 is 0 Å². The SMILES string of the molecule is CC(C)[Si](OCC[C@H]1OCC[C@@H]1I)(C(C)C)C(C)C. The maximum absolute atomic E-state index is 6.58. The largest absolute Gasteiger partial charge is 0.416 e. The smallest absolute Gasteiger partial charge is 0.200 e. The lowest BCUT2D eigenvalue weighted by Gasteiger charge is -2.42. The molecule has 0 N–H and O–H groups in total. The Morgan fingerprint density at radius 1 is 1.11 bits per heavy atom. The molecule has 1 heterocycles. The van der Waals surface area contributed by atoms with Crippen LogP contribution in [-0.2, 0) is 9.16 Å². The van der Waals surface area contributed by atoms with E-state index in [1.807, 2.05) is 0 Å². The van der Waals surface area contributed by atoms with Gasteiger partial charge >= 0.3 is 0 Å². The summed E-state index contributed by atoms with van der Waals surface area (Å²) in [6.07, 6.45) is 2.68. The fourth-order valence-electron chi connectivity index (χ4n) is 3.74. The van der Waals surface area contributed by atoms with E-state index in [2.05, 4.69) is 64.1 Å². The third-order valence-corrected chi connectivity index (χ3v) is 12.1. The maximum atomic E-state index is 6.58. The molecule has 114 valence electrons. The lowest BCUT2D eigenvalue weighted by atomic mass is 10.2. The van der Waals surface area contributed by atoms with Crippen molar-refractivity contribution >= 4 is 30.9 Å². The molecule has 1 aliphatic rings. The topological polar surface area (TPSA) is 18.5 Å². The first-order valence-electron chi connectivity index (χ1n) is 7.72. The highest BCUT2D eigenvalue weighted by molar-refractivity contribution is 14.1. The molecular formula is C15H31IO2Si. The van der Waals surface area contributed by atoms with Gasteiger partial charge in [0, 0.05) is 17.1 Å². The number of halogens is 1. The van der Waals surface area contributed by atoms with Crippen molar-refractivity contribution in [1.82, 2.24) is 0 Å². The van der Waals surface area contributed by atoms with Gasteiger partial charge in [0.2, 0.25) is 0 Å². The van der Waals surface area contributed by atoms with E-state index in [9.17, 15) is 0 Å². The van der Waals surface area contributed by atoms with Crippen LogP contribution in [0.1, 0.15) is 54.4 Å². The Morgan fingerprint density at radius 2 is 1.63 bits per heavy atom. The lowest BCUT2D eigenvalue weighted by molar-refractivity contribution is 0.0909. The van der Waals surface area contributed by atoms with Gasteiger partial charge in [0.15, 0.2) is 8.32 Å². The van der Waals surface area contributed by atoms with E-state index in [1.165, 1.54) is 6.42 Å². The van der Waals surface area contributed by atoms with Gasteiger partial charge in [-0.3, -0.25) is 0 Å². The van der Waals surface area contributed by atoms with Crippen LogP contribution in [0, 0.1) is 0 Å². The van der Waals surface area contributed by atoms with Crippen LogP contribution in [-0.4, -0.2) is 31.6 Å².